The zero-order valence-corrected chi connectivity index (χ0v) is 11.9. The Bertz CT molecular complexity index is 532. The summed E-state index contributed by atoms with van der Waals surface area (Å²) in [4.78, 5) is 22.9. The van der Waals surface area contributed by atoms with Crippen molar-refractivity contribution in [3.63, 3.8) is 0 Å². The van der Waals surface area contributed by atoms with Gasteiger partial charge in [0.25, 0.3) is 5.91 Å². The number of carbonyl (C=O) groups is 2. The van der Waals surface area contributed by atoms with Gasteiger partial charge >= 0.3 is 0 Å². The Hall–Kier alpha value is -1.93. The number of rotatable bonds is 7. The SMILES string of the molecule is CCC(=O)Nc1ccc(C(=O)NCCN[SH](=O)=O)cc1. The normalized spacial score (nSPS) is 10.3. The molecular formula is C12H17N3O4S. The number of nitrogens with one attached hydrogen (secondary N) is 3. The third-order valence-corrected chi connectivity index (χ3v) is 2.89. The second-order valence-electron chi connectivity index (χ2n) is 3.90. The van der Waals surface area contributed by atoms with Crippen molar-refractivity contribution in [2.45, 2.75) is 13.3 Å². The van der Waals surface area contributed by atoms with E-state index < -0.39 is 10.9 Å². The van der Waals surface area contributed by atoms with E-state index in [1.165, 1.54) is 0 Å². The molecule has 0 heterocycles. The summed E-state index contributed by atoms with van der Waals surface area (Å²) in [5.74, 6) is -0.402. The van der Waals surface area contributed by atoms with Gasteiger partial charge < -0.3 is 10.6 Å². The molecule has 0 fully saturated rings. The molecule has 0 aliphatic heterocycles. The summed E-state index contributed by atoms with van der Waals surface area (Å²) in [6.45, 7) is 2.10. The number of hydrogen-bond acceptors (Lipinski definition) is 4. The zero-order chi connectivity index (χ0) is 15.0. The minimum absolute atomic E-state index is 0.0972. The van der Waals surface area contributed by atoms with Crippen molar-refractivity contribution < 1.29 is 18.0 Å². The first-order valence-corrected chi connectivity index (χ1v) is 7.26. The topological polar surface area (TPSA) is 104 Å². The van der Waals surface area contributed by atoms with Gasteiger partial charge in [0, 0.05) is 30.8 Å². The van der Waals surface area contributed by atoms with E-state index in [4.69, 9.17) is 0 Å². The van der Waals surface area contributed by atoms with Crippen LogP contribution in [0.1, 0.15) is 23.7 Å². The predicted molar refractivity (Wildman–Crippen MR) is 76.0 cm³/mol. The Balaban J connectivity index is 2.46. The van der Waals surface area contributed by atoms with Crippen molar-refractivity contribution in [2.75, 3.05) is 18.4 Å². The molecule has 0 aromatic heterocycles. The van der Waals surface area contributed by atoms with E-state index in [1.807, 2.05) is 0 Å². The molecule has 1 aromatic carbocycles. The van der Waals surface area contributed by atoms with Crippen LogP contribution in [0.15, 0.2) is 24.3 Å². The van der Waals surface area contributed by atoms with E-state index in [0.717, 1.165) is 0 Å². The van der Waals surface area contributed by atoms with Crippen LogP contribution in [0.2, 0.25) is 0 Å². The van der Waals surface area contributed by atoms with E-state index in [2.05, 4.69) is 15.4 Å². The van der Waals surface area contributed by atoms with Gasteiger partial charge in [0.1, 0.15) is 0 Å². The molecule has 8 heteroatoms. The van der Waals surface area contributed by atoms with Crippen LogP contribution in [0.5, 0.6) is 0 Å². The van der Waals surface area contributed by atoms with Crippen LogP contribution in [-0.2, 0) is 15.7 Å². The maximum Gasteiger partial charge on any atom is 0.251 e. The molecule has 0 saturated heterocycles. The molecule has 2 amide bonds. The van der Waals surface area contributed by atoms with Gasteiger partial charge in [0.2, 0.25) is 16.8 Å². The van der Waals surface area contributed by atoms with Gasteiger partial charge in [-0.15, -0.1) is 0 Å². The van der Waals surface area contributed by atoms with E-state index in [9.17, 15) is 18.0 Å². The van der Waals surface area contributed by atoms with Gasteiger partial charge in [-0.05, 0) is 24.3 Å². The molecule has 0 spiro atoms. The standard InChI is InChI=1S/C12H17N3O4S/c1-2-11(16)15-10-5-3-9(4-6-10)12(17)13-7-8-14-20(18)19/h3-6,20H,2,7-8H2,1H3,(H,13,17)(H,15,16)(H,14,18,19). The Morgan fingerprint density at radius 3 is 2.30 bits per heavy atom. The first-order valence-electron chi connectivity index (χ1n) is 6.09. The summed E-state index contributed by atoms with van der Waals surface area (Å²) in [7, 11) is -2.64. The molecule has 0 unspecified atom stereocenters. The van der Waals surface area contributed by atoms with Crippen molar-refractivity contribution in [3.8, 4) is 0 Å². The minimum atomic E-state index is -2.64. The zero-order valence-electron chi connectivity index (χ0n) is 11.0. The van der Waals surface area contributed by atoms with Gasteiger partial charge in [-0.25, -0.2) is 13.1 Å². The number of thiol groups is 1. The minimum Gasteiger partial charge on any atom is -0.351 e. The molecule has 3 N–H and O–H groups in total. The fraction of sp³-hybridized carbons (Fsp3) is 0.333. The highest BCUT2D eigenvalue weighted by molar-refractivity contribution is 7.70. The third kappa shape index (κ3) is 5.81. The monoisotopic (exact) mass is 299 g/mol. The second kappa shape index (κ2) is 8.28. The number of amides is 2. The van der Waals surface area contributed by atoms with Crippen LogP contribution in [0.4, 0.5) is 5.69 Å². The molecule has 110 valence electrons. The molecule has 0 aliphatic rings. The summed E-state index contributed by atoms with van der Waals surface area (Å²) in [6, 6.07) is 6.44. The lowest BCUT2D eigenvalue weighted by Gasteiger charge is -2.06. The largest absolute Gasteiger partial charge is 0.351 e. The summed E-state index contributed by atoms with van der Waals surface area (Å²) >= 11 is 0. The number of benzene rings is 1. The molecule has 0 saturated carbocycles. The van der Waals surface area contributed by atoms with E-state index in [-0.39, 0.29) is 24.9 Å². The lowest BCUT2D eigenvalue weighted by molar-refractivity contribution is -0.115. The average Bonchev–Trinajstić information content (AvgIpc) is 2.43. The smallest absolute Gasteiger partial charge is 0.251 e. The van der Waals surface area contributed by atoms with Crippen LogP contribution >= 0.6 is 0 Å². The van der Waals surface area contributed by atoms with Gasteiger partial charge in [-0.2, -0.15) is 0 Å². The number of hydrogen-bond donors (Lipinski definition) is 4. The Morgan fingerprint density at radius 1 is 1.10 bits per heavy atom. The van der Waals surface area contributed by atoms with Crippen LogP contribution < -0.4 is 15.4 Å². The third-order valence-electron chi connectivity index (χ3n) is 2.40. The van der Waals surface area contributed by atoms with Gasteiger partial charge in [0.15, 0.2) is 0 Å². The summed E-state index contributed by atoms with van der Waals surface area (Å²) in [6.07, 6.45) is 0.386. The highest BCUT2D eigenvalue weighted by Gasteiger charge is 2.05. The molecule has 0 radical (unpaired) electrons. The van der Waals surface area contributed by atoms with Crippen molar-refractivity contribution >= 4 is 28.4 Å². The lowest BCUT2D eigenvalue weighted by Crippen LogP contribution is -2.31. The Kier molecular flexibility index (Phi) is 6.68. The van der Waals surface area contributed by atoms with E-state index >= 15 is 0 Å². The van der Waals surface area contributed by atoms with Crippen LogP contribution in [0.3, 0.4) is 0 Å². The van der Waals surface area contributed by atoms with E-state index in [0.29, 0.717) is 17.7 Å². The number of anilines is 1. The van der Waals surface area contributed by atoms with Gasteiger partial charge in [-0.1, -0.05) is 6.92 Å². The van der Waals surface area contributed by atoms with Gasteiger partial charge in [-0.3, -0.25) is 9.59 Å². The quantitative estimate of drug-likeness (QED) is 0.416. The van der Waals surface area contributed by atoms with Crippen molar-refractivity contribution in [3.05, 3.63) is 29.8 Å². The fourth-order valence-corrected chi connectivity index (χ4v) is 1.67. The van der Waals surface area contributed by atoms with Gasteiger partial charge in [0.05, 0.1) is 0 Å². The molecule has 0 atom stereocenters. The Labute approximate surface area is 118 Å². The van der Waals surface area contributed by atoms with Crippen LogP contribution in [0, 0.1) is 0 Å². The maximum atomic E-state index is 11.7. The first kappa shape index (κ1) is 16.1. The van der Waals surface area contributed by atoms with Crippen LogP contribution in [-0.4, -0.2) is 33.3 Å². The molecule has 0 bridgehead atoms. The average molecular weight is 299 g/mol. The number of carbonyl (C=O) groups excluding carboxylic acids is 2. The van der Waals surface area contributed by atoms with Crippen molar-refractivity contribution in [1.29, 1.82) is 0 Å². The molecule has 1 aromatic rings. The first-order chi connectivity index (χ1) is 9.52. The summed E-state index contributed by atoms with van der Waals surface area (Å²) in [5.41, 5.74) is 1.06. The molecular weight excluding hydrogens is 282 g/mol. The van der Waals surface area contributed by atoms with Crippen molar-refractivity contribution in [1.82, 2.24) is 10.0 Å². The lowest BCUT2D eigenvalue weighted by atomic mass is 10.2. The fourth-order valence-electron chi connectivity index (χ4n) is 1.38. The van der Waals surface area contributed by atoms with Crippen molar-refractivity contribution in [2.24, 2.45) is 0 Å². The molecule has 20 heavy (non-hydrogen) atoms. The highest BCUT2D eigenvalue weighted by Crippen LogP contribution is 2.09. The predicted octanol–water partition coefficient (Wildman–Crippen LogP) is -0.119. The molecule has 0 aliphatic carbocycles. The van der Waals surface area contributed by atoms with Crippen LogP contribution in [0.25, 0.3) is 0 Å². The highest BCUT2D eigenvalue weighted by atomic mass is 32.2. The van der Waals surface area contributed by atoms with E-state index in [1.54, 1.807) is 31.2 Å². The summed E-state index contributed by atoms with van der Waals surface area (Å²) < 4.78 is 22.7. The maximum absolute atomic E-state index is 11.7. The summed E-state index contributed by atoms with van der Waals surface area (Å²) in [5, 5.41) is 5.24. The molecule has 1 rings (SSSR count). The molecule has 7 nitrogen and oxygen atoms in total. The second-order valence-corrected chi connectivity index (χ2v) is 4.73. The Morgan fingerprint density at radius 2 is 1.75 bits per heavy atom.